The van der Waals surface area contributed by atoms with Gasteiger partial charge < -0.3 is 10.1 Å². The summed E-state index contributed by atoms with van der Waals surface area (Å²) in [5, 5.41) is 2.78. The van der Waals surface area contributed by atoms with Crippen LogP contribution in [0.25, 0.3) is 0 Å². The Balaban J connectivity index is 2.70. The molecule has 3 heteroatoms. The van der Waals surface area contributed by atoms with Crippen LogP contribution in [0.5, 0.6) is 5.75 Å². The quantitative estimate of drug-likeness (QED) is 0.807. The van der Waals surface area contributed by atoms with Gasteiger partial charge in [-0.15, -0.1) is 0 Å². The van der Waals surface area contributed by atoms with Gasteiger partial charge in [-0.1, -0.05) is 20.8 Å². The average molecular weight is 206 g/mol. The van der Waals surface area contributed by atoms with Gasteiger partial charge in [0.05, 0.1) is 7.11 Å². The lowest BCUT2D eigenvalue weighted by molar-refractivity contribution is -0.123. The molecule has 0 aromatic heterocycles. The number of hydrogen-bond acceptors (Lipinski definition) is 2. The highest BCUT2D eigenvalue weighted by Gasteiger charge is 2.20. The molecule has 81 valence electrons. The Labute approximate surface area is 90.4 Å². The van der Waals surface area contributed by atoms with Gasteiger partial charge in [-0.05, 0) is 18.2 Å². The summed E-state index contributed by atoms with van der Waals surface area (Å²) in [5.41, 5.74) is 0.268. The van der Waals surface area contributed by atoms with E-state index >= 15 is 0 Å². The molecule has 0 saturated heterocycles. The fourth-order valence-corrected chi connectivity index (χ4v) is 0.925. The van der Waals surface area contributed by atoms with E-state index in [4.69, 9.17) is 4.74 Å². The van der Waals surface area contributed by atoms with E-state index in [9.17, 15) is 4.79 Å². The third kappa shape index (κ3) is 3.27. The zero-order valence-electron chi connectivity index (χ0n) is 9.55. The topological polar surface area (TPSA) is 38.3 Å². The van der Waals surface area contributed by atoms with E-state index in [2.05, 4.69) is 11.4 Å². The number of carbonyl (C=O) groups is 1. The van der Waals surface area contributed by atoms with Crippen molar-refractivity contribution < 1.29 is 9.53 Å². The van der Waals surface area contributed by atoms with Crippen molar-refractivity contribution in [2.45, 2.75) is 20.8 Å². The summed E-state index contributed by atoms with van der Waals surface area (Å²) < 4.78 is 5.00. The van der Waals surface area contributed by atoms with E-state index in [1.54, 1.807) is 25.3 Å². The number of nitrogens with one attached hydrogen (secondary N) is 1. The van der Waals surface area contributed by atoms with Crippen LogP contribution in [0.3, 0.4) is 0 Å². The number of rotatable bonds is 2. The van der Waals surface area contributed by atoms with Crippen LogP contribution < -0.4 is 10.1 Å². The summed E-state index contributed by atoms with van der Waals surface area (Å²) in [6.07, 6.45) is 0. The van der Waals surface area contributed by atoms with Crippen LogP contribution in [0, 0.1) is 11.5 Å². The third-order valence-electron chi connectivity index (χ3n) is 1.95. The van der Waals surface area contributed by atoms with Crippen molar-refractivity contribution in [1.29, 1.82) is 0 Å². The Morgan fingerprint density at radius 2 is 2.07 bits per heavy atom. The van der Waals surface area contributed by atoms with Gasteiger partial charge in [0.2, 0.25) is 5.91 Å². The first kappa shape index (κ1) is 11.6. The first-order valence-electron chi connectivity index (χ1n) is 4.80. The molecule has 0 heterocycles. The minimum atomic E-state index is -0.395. The number of hydrogen-bond donors (Lipinski definition) is 1. The van der Waals surface area contributed by atoms with Gasteiger partial charge in [0, 0.05) is 17.2 Å². The highest BCUT2D eigenvalue weighted by atomic mass is 16.5. The van der Waals surface area contributed by atoms with Crippen LogP contribution in [0.1, 0.15) is 20.8 Å². The fourth-order valence-electron chi connectivity index (χ4n) is 0.925. The molecule has 3 nitrogen and oxygen atoms in total. The molecule has 0 bridgehead atoms. The van der Waals surface area contributed by atoms with Gasteiger partial charge in [-0.3, -0.25) is 4.79 Å². The molecule has 1 radical (unpaired) electrons. The van der Waals surface area contributed by atoms with Gasteiger partial charge in [-0.25, -0.2) is 0 Å². The molecule has 0 saturated carbocycles. The Kier molecular flexibility index (Phi) is 3.35. The lowest BCUT2D eigenvalue weighted by Crippen LogP contribution is -2.27. The molecule has 15 heavy (non-hydrogen) atoms. The van der Waals surface area contributed by atoms with Gasteiger partial charge >= 0.3 is 0 Å². The summed E-state index contributed by atoms with van der Waals surface area (Å²) in [4.78, 5) is 11.6. The fraction of sp³-hybridized carbons (Fsp3) is 0.417. The van der Waals surface area contributed by atoms with Crippen LogP contribution in [0.15, 0.2) is 18.2 Å². The SMILES string of the molecule is COc1c[c]c(NC(=O)C(C)(C)C)cc1. The van der Waals surface area contributed by atoms with E-state index in [-0.39, 0.29) is 5.91 Å². The molecule has 1 amide bonds. The van der Waals surface area contributed by atoms with Crippen molar-refractivity contribution in [2.75, 3.05) is 12.4 Å². The summed E-state index contributed by atoms with van der Waals surface area (Å²) in [7, 11) is 1.59. The third-order valence-corrected chi connectivity index (χ3v) is 1.95. The Morgan fingerprint density at radius 3 is 2.47 bits per heavy atom. The number of methoxy groups -OCH3 is 1. The minimum Gasteiger partial charge on any atom is -0.497 e. The number of amides is 1. The minimum absolute atomic E-state index is 0.0242. The second kappa shape index (κ2) is 4.34. The maximum atomic E-state index is 11.6. The molecule has 1 rings (SSSR count). The second-order valence-corrected chi connectivity index (χ2v) is 4.35. The van der Waals surface area contributed by atoms with E-state index in [0.717, 1.165) is 5.75 Å². The summed E-state index contributed by atoms with van der Waals surface area (Å²) in [5.74, 6) is 0.702. The van der Waals surface area contributed by atoms with Crippen molar-refractivity contribution in [3.8, 4) is 5.75 Å². The predicted molar refractivity (Wildman–Crippen MR) is 59.9 cm³/mol. The van der Waals surface area contributed by atoms with Gasteiger partial charge in [0.25, 0.3) is 0 Å². The van der Waals surface area contributed by atoms with Gasteiger partial charge in [0.15, 0.2) is 0 Å². The Bertz CT molecular complexity index is 336. The number of carbonyl (C=O) groups excluding carboxylic acids is 1. The van der Waals surface area contributed by atoms with Crippen molar-refractivity contribution >= 4 is 11.6 Å². The van der Waals surface area contributed by atoms with Crippen LogP contribution in [-0.2, 0) is 4.79 Å². The lowest BCUT2D eigenvalue weighted by atomic mass is 9.95. The Morgan fingerprint density at radius 1 is 1.40 bits per heavy atom. The van der Waals surface area contributed by atoms with Crippen molar-refractivity contribution in [1.82, 2.24) is 0 Å². The monoisotopic (exact) mass is 206 g/mol. The maximum absolute atomic E-state index is 11.6. The van der Waals surface area contributed by atoms with Crippen LogP contribution in [0.4, 0.5) is 5.69 Å². The molecule has 1 N–H and O–H groups in total. The Hall–Kier alpha value is -1.51. The van der Waals surface area contributed by atoms with Gasteiger partial charge in [-0.2, -0.15) is 0 Å². The average Bonchev–Trinajstić information content (AvgIpc) is 2.17. The van der Waals surface area contributed by atoms with E-state index in [0.29, 0.717) is 5.69 Å². The summed E-state index contributed by atoms with van der Waals surface area (Å²) in [6.45, 7) is 5.60. The molecule has 1 aromatic carbocycles. The molecule has 0 unspecified atom stereocenters. The zero-order valence-corrected chi connectivity index (χ0v) is 9.55. The summed E-state index contributed by atoms with van der Waals surface area (Å²) >= 11 is 0. The number of benzene rings is 1. The molecule has 0 fully saturated rings. The largest absolute Gasteiger partial charge is 0.497 e. The van der Waals surface area contributed by atoms with Crippen molar-refractivity contribution in [3.63, 3.8) is 0 Å². The second-order valence-electron chi connectivity index (χ2n) is 4.35. The van der Waals surface area contributed by atoms with Gasteiger partial charge in [0.1, 0.15) is 5.75 Å². The molecular weight excluding hydrogens is 190 g/mol. The first-order chi connectivity index (χ1) is 6.93. The van der Waals surface area contributed by atoms with Crippen LogP contribution >= 0.6 is 0 Å². The van der Waals surface area contributed by atoms with E-state index < -0.39 is 5.41 Å². The van der Waals surface area contributed by atoms with Crippen molar-refractivity contribution in [2.24, 2.45) is 5.41 Å². The zero-order chi connectivity index (χ0) is 11.5. The standard InChI is InChI=1S/C12H16NO2/c1-12(2,3)11(14)13-9-5-7-10(15-4)8-6-9/h5,7-8H,1-4H3,(H,13,14). The lowest BCUT2D eigenvalue weighted by Gasteiger charge is -2.17. The summed E-state index contributed by atoms with van der Waals surface area (Å²) in [6, 6.07) is 8.18. The number of anilines is 1. The van der Waals surface area contributed by atoms with E-state index in [1.807, 2.05) is 20.8 Å². The maximum Gasteiger partial charge on any atom is 0.229 e. The van der Waals surface area contributed by atoms with Crippen LogP contribution in [0.2, 0.25) is 0 Å². The van der Waals surface area contributed by atoms with Crippen LogP contribution in [-0.4, -0.2) is 13.0 Å². The molecule has 0 aliphatic rings. The van der Waals surface area contributed by atoms with E-state index in [1.165, 1.54) is 0 Å². The highest BCUT2D eigenvalue weighted by molar-refractivity contribution is 5.94. The van der Waals surface area contributed by atoms with Crippen molar-refractivity contribution in [3.05, 3.63) is 24.3 Å². The normalized spacial score (nSPS) is 10.9. The molecule has 0 aliphatic heterocycles. The highest BCUT2D eigenvalue weighted by Crippen LogP contribution is 2.19. The smallest absolute Gasteiger partial charge is 0.229 e. The molecular formula is C12H16NO2. The molecule has 0 spiro atoms. The molecule has 1 aromatic rings. The molecule has 0 aliphatic carbocycles. The predicted octanol–water partition coefficient (Wildman–Crippen LogP) is 2.48. The first-order valence-corrected chi connectivity index (χ1v) is 4.80. The number of ether oxygens (including phenoxy) is 1. The molecule has 0 atom stereocenters.